The van der Waals surface area contributed by atoms with E-state index in [9.17, 15) is 19.5 Å². The van der Waals surface area contributed by atoms with Crippen molar-refractivity contribution in [3.8, 4) is 16.9 Å². The highest BCUT2D eigenvalue weighted by atomic mass is 16.5. The van der Waals surface area contributed by atoms with E-state index in [1.54, 1.807) is 66.7 Å². The molecule has 0 fully saturated rings. The first-order chi connectivity index (χ1) is 18.8. The smallest absolute Gasteiger partial charge is 0.339 e. The number of carbonyl (C=O) groups is 3. The van der Waals surface area contributed by atoms with E-state index in [0.717, 1.165) is 12.8 Å². The molecule has 2 N–H and O–H groups in total. The van der Waals surface area contributed by atoms with Gasteiger partial charge in [-0.2, -0.15) is 0 Å². The van der Waals surface area contributed by atoms with Crippen molar-refractivity contribution in [2.75, 3.05) is 13.2 Å². The molecule has 39 heavy (non-hydrogen) atoms. The Balaban J connectivity index is 1.91. The van der Waals surface area contributed by atoms with E-state index >= 15 is 0 Å². The van der Waals surface area contributed by atoms with Gasteiger partial charge in [0.15, 0.2) is 5.78 Å². The highest BCUT2D eigenvalue weighted by Gasteiger charge is 2.24. The van der Waals surface area contributed by atoms with E-state index in [1.165, 1.54) is 6.07 Å². The van der Waals surface area contributed by atoms with Gasteiger partial charge < -0.3 is 19.7 Å². The van der Waals surface area contributed by atoms with Crippen LogP contribution in [0.2, 0.25) is 0 Å². The summed E-state index contributed by atoms with van der Waals surface area (Å²) in [6, 6.07) is 20.1. The summed E-state index contributed by atoms with van der Waals surface area (Å²) in [6.07, 6.45) is 2.06. The third-order valence-electron chi connectivity index (χ3n) is 6.29. The van der Waals surface area contributed by atoms with Gasteiger partial charge in [-0.15, -0.1) is 0 Å². The normalized spacial score (nSPS) is 11.4. The number of carboxylic acid groups (broad SMARTS) is 1. The van der Waals surface area contributed by atoms with Crippen molar-refractivity contribution < 1.29 is 34.1 Å². The van der Waals surface area contributed by atoms with Crippen molar-refractivity contribution in [3.63, 3.8) is 0 Å². The second-order valence-electron chi connectivity index (χ2n) is 9.10. The molecular formula is C32H34O7. The zero-order valence-electron chi connectivity index (χ0n) is 22.1. The number of aliphatic hydroxyl groups is 1. The molecule has 0 aliphatic rings. The first kappa shape index (κ1) is 29.3. The Morgan fingerprint density at radius 2 is 1.56 bits per heavy atom. The summed E-state index contributed by atoms with van der Waals surface area (Å²) in [6.45, 7) is 5.93. The molecule has 0 radical (unpaired) electrons. The minimum atomic E-state index is -1.10. The molecule has 3 aromatic rings. The molecule has 7 nitrogen and oxygen atoms in total. The van der Waals surface area contributed by atoms with Crippen molar-refractivity contribution in [1.29, 1.82) is 0 Å². The predicted molar refractivity (Wildman–Crippen MR) is 149 cm³/mol. The number of ketones is 1. The number of ether oxygens (including phenoxy) is 2. The zero-order valence-corrected chi connectivity index (χ0v) is 22.1. The SMILES string of the molecule is C=C(CCCC)C(=O)CC[C@H](OC(=O)c1ccccc1-c1ccccc1C(=O)O)c1cccc(OCCO)c1. The van der Waals surface area contributed by atoms with Crippen LogP contribution >= 0.6 is 0 Å². The van der Waals surface area contributed by atoms with Crippen LogP contribution in [0.5, 0.6) is 5.75 Å². The molecule has 0 heterocycles. The van der Waals surface area contributed by atoms with Crippen molar-refractivity contribution in [2.45, 2.75) is 45.1 Å². The third-order valence-corrected chi connectivity index (χ3v) is 6.29. The molecule has 0 amide bonds. The number of carbonyl (C=O) groups excluding carboxylic acids is 2. The van der Waals surface area contributed by atoms with Crippen LogP contribution in [0.4, 0.5) is 0 Å². The van der Waals surface area contributed by atoms with Gasteiger partial charge in [0.1, 0.15) is 18.5 Å². The highest BCUT2D eigenvalue weighted by molar-refractivity contribution is 6.02. The molecule has 3 aromatic carbocycles. The number of allylic oxidation sites excluding steroid dienone is 1. The summed E-state index contributed by atoms with van der Waals surface area (Å²) < 4.78 is 11.5. The van der Waals surface area contributed by atoms with Crippen LogP contribution in [0.3, 0.4) is 0 Å². The lowest BCUT2D eigenvalue weighted by Crippen LogP contribution is -2.15. The molecule has 0 unspecified atom stereocenters. The van der Waals surface area contributed by atoms with E-state index in [0.29, 0.717) is 34.4 Å². The maximum Gasteiger partial charge on any atom is 0.339 e. The van der Waals surface area contributed by atoms with Gasteiger partial charge in [0.05, 0.1) is 17.7 Å². The number of aromatic carboxylic acids is 1. The summed E-state index contributed by atoms with van der Waals surface area (Å²) in [5.41, 5.74) is 2.30. The predicted octanol–water partition coefficient (Wildman–Crippen LogP) is 6.42. The Morgan fingerprint density at radius 3 is 2.23 bits per heavy atom. The molecule has 0 aliphatic carbocycles. The number of hydrogen-bond donors (Lipinski definition) is 2. The van der Waals surface area contributed by atoms with Crippen LogP contribution < -0.4 is 4.74 Å². The van der Waals surface area contributed by atoms with E-state index in [4.69, 9.17) is 14.6 Å². The molecule has 1 atom stereocenters. The molecule has 0 aromatic heterocycles. The zero-order chi connectivity index (χ0) is 28.2. The summed E-state index contributed by atoms with van der Waals surface area (Å²) in [5.74, 6) is -1.33. The van der Waals surface area contributed by atoms with Crippen molar-refractivity contribution in [3.05, 3.63) is 102 Å². The fourth-order valence-corrected chi connectivity index (χ4v) is 4.22. The number of carboxylic acids is 1. The number of hydrogen-bond acceptors (Lipinski definition) is 6. The largest absolute Gasteiger partial charge is 0.491 e. The van der Waals surface area contributed by atoms with Crippen molar-refractivity contribution in [2.24, 2.45) is 0 Å². The third kappa shape index (κ3) is 8.12. The molecule has 3 rings (SSSR count). The maximum absolute atomic E-state index is 13.5. The van der Waals surface area contributed by atoms with Gasteiger partial charge in [0.25, 0.3) is 0 Å². The van der Waals surface area contributed by atoms with Gasteiger partial charge in [-0.1, -0.05) is 68.5 Å². The Kier molecular flexibility index (Phi) is 11.0. The number of aliphatic hydroxyl groups excluding tert-OH is 1. The Bertz CT molecular complexity index is 1310. The van der Waals surface area contributed by atoms with Crippen molar-refractivity contribution >= 4 is 17.7 Å². The Labute approximate surface area is 228 Å². The second-order valence-corrected chi connectivity index (χ2v) is 9.10. The minimum absolute atomic E-state index is 0.0687. The van der Waals surface area contributed by atoms with E-state index < -0.39 is 18.0 Å². The highest BCUT2D eigenvalue weighted by Crippen LogP contribution is 2.32. The van der Waals surface area contributed by atoms with Gasteiger partial charge in [-0.3, -0.25) is 4.79 Å². The van der Waals surface area contributed by atoms with E-state index in [1.807, 2.05) is 6.92 Å². The second kappa shape index (κ2) is 14.6. The lowest BCUT2D eigenvalue weighted by atomic mass is 9.95. The van der Waals surface area contributed by atoms with Crippen LogP contribution in [-0.4, -0.2) is 41.1 Å². The molecule has 204 valence electrons. The van der Waals surface area contributed by atoms with E-state index in [2.05, 4.69) is 6.58 Å². The van der Waals surface area contributed by atoms with Crippen LogP contribution in [0.1, 0.15) is 71.4 Å². The van der Waals surface area contributed by atoms with Crippen molar-refractivity contribution in [1.82, 2.24) is 0 Å². The monoisotopic (exact) mass is 530 g/mol. The van der Waals surface area contributed by atoms with Gasteiger partial charge >= 0.3 is 11.9 Å². The van der Waals surface area contributed by atoms with Gasteiger partial charge in [0, 0.05) is 6.42 Å². The fraction of sp³-hybridized carbons (Fsp3) is 0.281. The number of unbranched alkanes of at least 4 members (excludes halogenated alkanes) is 1. The van der Waals surface area contributed by atoms with Gasteiger partial charge in [-0.25, -0.2) is 9.59 Å². The average molecular weight is 531 g/mol. The van der Waals surface area contributed by atoms with Gasteiger partial charge in [0.2, 0.25) is 0 Å². The molecule has 0 bridgehead atoms. The maximum atomic E-state index is 13.5. The van der Waals surface area contributed by atoms with Crippen LogP contribution in [0.15, 0.2) is 84.9 Å². The summed E-state index contributed by atoms with van der Waals surface area (Å²) in [4.78, 5) is 38.1. The van der Waals surface area contributed by atoms with Crippen LogP contribution in [0, 0.1) is 0 Å². The minimum Gasteiger partial charge on any atom is -0.491 e. The molecule has 0 spiro atoms. The summed E-state index contributed by atoms with van der Waals surface area (Å²) >= 11 is 0. The first-order valence-electron chi connectivity index (χ1n) is 13.0. The Morgan fingerprint density at radius 1 is 0.897 bits per heavy atom. The molecule has 0 aliphatic heterocycles. The summed E-state index contributed by atoms with van der Waals surface area (Å²) in [5, 5.41) is 18.8. The fourth-order valence-electron chi connectivity index (χ4n) is 4.22. The lowest BCUT2D eigenvalue weighted by molar-refractivity contribution is -0.116. The number of esters is 1. The summed E-state index contributed by atoms with van der Waals surface area (Å²) in [7, 11) is 0. The van der Waals surface area contributed by atoms with E-state index in [-0.39, 0.29) is 43.0 Å². The first-order valence-corrected chi connectivity index (χ1v) is 13.0. The van der Waals surface area contributed by atoms with Crippen LogP contribution in [-0.2, 0) is 9.53 Å². The average Bonchev–Trinajstić information content (AvgIpc) is 2.96. The number of rotatable bonds is 15. The number of Topliss-reactive ketones (excluding diaryl/α,β-unsaturated/α-hetero) is 1. The quantitative estimate of drug-likeness (QED) is 0.172. The Hall–Kier alpha value is -4.23. The molecular weight excluding hydrogens is 496 g/mol. The van der Waals surface area contributed by atoms with Gasteiger partial charge in [-0.05, 0) is 65.8 Å². The molecule has 0 saturated heterocycles. The number of benzene rings is 3. The standard InChI is InChI=1S/C32H34O7/c1-3-4-10-22(2)29(34)17-18-30(23-11-9-12-24(21-23)38-20-19-33)39-32(37)28-16-8-6-14-26(28)25-13-5-7-15-27(25)31(35)36/h5-9,11-16,21,30,33H,2-4,10,17-20H2,1H3,(H,35,36)/t30-/m0/s1. The van der Waals surface area contributed by atoms with Crippen LogP contribution in [0.25, 0.3) is 11.1 Å². The lowest BCUT2D eigenvalue weighted by Gasteiger charge is -2.20. The molecule has 7 heteroatoms. The molecule has 0 saturated carbocycles. The topological polar surface area (TPSA) is 110 Å².